The third kappa shape index (κ3) is 4.92. The van der Waals surface area contributed by atoms with Crippen molar-refractivity contribution in [2.45, 2.75) is 6.54 Å². The molecule has 5 nitrogen and oxygen atoms in total. The zero-order chi connectivity index (χ0) is 17.6. The minimum Gasteiger partial charge on any atom is -0.348 e. The van der Waals surface area contributed by atoms with Gasteiger partial charge in [0.15, 0.2) is 0 Å². The maximum absolute atomic E-state index is 12.2. The zero-order valence-corrected chi connectivity index (χ0v) is 14.6. The van der Waals surface area contributed by atoms with Crippen LogP contribution >= 0.6 is 23.2 Å². The summed E-state index contributed by atoms with van der Waals surface area (Å²) in [7, 11) is 0. The standard InChI is InChI=1S/C18H14Cl2N4O/c19-14-7-15(20)9-16(8-14)24-17-2-1-13(11-22-17)18(25)23-10-12-3-5-21-6-4-12/h1-9,11H,10H2,(H,22,24)(H,23,25). The Hall–Kier alpha value is -2.63. The van der Waals surface area contributed by atoms with Crippen molar-refractivity contribution in [3.63, 3.8) is 0 Å². The van der Waals surface area contributed by atoms with Gasteiger partial charge in [-0.1, -0.05) is 23.2 Å². The summed E-state index contributed by atoms with van der Waals surface area (Å²) in [5.74, 6) is 0.394. The number of carbonyl (C=O) groups excluding carboxylic acids is 1. The fraction of sp³-hybridized carbons (Fsp3) is 0.0556. The summed E-state index contributed by atoms with van der Waals surface area (Å²) in [5.41, 5.74) is 2.18. The molecule has 1 aromatic carbocycles. The lowest BCUT2D eigenvalue weighted by molar-refractivity contribution is 0.0950. The van der Waals surface area contributed by atoms with E-state index < -0.39 is 0 Å². The van der Waals surface area contributed by atoms with E-state index in [1.807, 2.05) is 12.1 Å². The normalized spacial score (nSPS) is 10.3. The average Bonchev–Trinajstić information content (AvgIpc) is 2.60. The van der Waals surface area contributed by atoms with Gasteiger partial charge in [0, 0.05) is 40.9 Å². The van der Waals surface area contributed by atoms with E-state index in [9.17, 15) is 4.79 Å². The number of pyridine rings is 2. The van der Waals surface area contributed by atoms with Crippen LogP contribution in [0, 0.1) is 0 Å². The van der Waals surface area contributed by atoms with E-state index in [1.54, 1.807) is 42.7 Å². The van der Waals surface area contributed by atoms with Crippen molar-refractivity contribution in [1.82, 2.24) is 15.3 Å². The third-order valence-electron chi connectivity index (χ3n) is 3.36. The lowest BCUT2D eigenvalue weighted by Crippen LogP contribution is -2.22. The van der Waals surface area contributed by atoms with Crippen LogP contribution in [0.2, 0.25) is 10.0 Å². The number of nitrogens with zero attached hydrogens (tertiary/aromatic N) is 2. The fourth-order valence-corrected chi connectivity index (χ4v) is 2.69. The fourth-order valence-electron chi connectivity index (χ4n) is 2.16. The largest absolute Gasteiger partial charge is 0.348 e. The second kappa shape index (κ2) is 7.96. The lowest BCUT2D eigenvalue weighted by Gasteiger charge is -2.08. The summed E-state index contributed by atoms with van der Waals surface area (Å²) in [6, 6.07) is 12.2. The molecule has 0 aliphatic rings. The number of hydrogen-bond acceptors (Lipinski definition) is 4. The summed E-state index contributed by atoms with van der Waals surface area (Å²) in [5, 5.41) is 6.99. The summed E-state index contributed by atoms with van der Waals surface area (Å²) in [6.45, 7) is 0.433. The molecule has 0 spiro atoms. The minimum atomic E-state index is -0.193. The van der Waals surface area contributed by atoms with Gasteiger partial charge in [-0.3, -0.25) is 9.78 Å². The molecule has 2 heterocycles. The Morgan fingerprint density at radius 2 is 1.72 bits per heavy atom. The predicted molar refractivity (Wildman–Crippen MR) is 99.4 cm³/mol. The maximum atomic E-state index is 12.2. The molecule has 0 aliphatic carbocycles. The van der Waals surface area contributed by atoms with Gasteiger partial charge in [0.2, 0.25) is 0 Å². The first kappa shape index (κ1) is 17.2. The Morgan fingerprint density at radius 1 is 1.00 bits per heavy atom. The molecule has 1 amide bonds. The lowest BCUT2D eigenvalue weighted by atomic mass is 10.2. The first-order valence-electron chi connectivity index (χ1n) is 7.46. The first-order valence-corrected chi connectivity index (χ1v) is 8.22. The molecule has 25 heavy (non-hydrogen) atoms. The number of carbonyl (C=O) groups is 1. The van der Waals surface area contributed by atoms with Gasteiger partial charge < -0.3 is 10.6 Å². The van der Waals surface area contributed by atoms with Crippen LogP contribution in [0.15, 0.2) is 61.1 Å². The van der Waals surface area contributed by atoms with Crippen molar-refractivity contribution in [3.8, 4) is 0 Å². The van der Waals surface area contributed by atoms with Crippen LogP contribution in [0.3, 0.4) is 0 Å². The van der Waals surface area contributed by atoms with Gasteiger partial charge in [-0.2, -0.15) is 0 Å². The average molecular weight is 373 g/mol. The highest BCUT2D eigenvalue weighted by atomic mass is 35.5. The SMILES string of the molecule is O=C(NCc1ccncc1)c1ccc(Nc2cc(Cl)cc(Cl)c2)nc1. The van der Waals surface area contributed by atoms with Gasteiger partial charge in [-0.05, 0) is 48.0 Å². The molecule has 0 aliphatic heterocycles. The van der Waals surface area contributed by atoms with Gasteiger partial charge in [0.1, 0.15) is 5.82 Å². The van der Waals surface area contributed by atoms with Crippen LogP contribution in [-0.2, 0) is 6.54 Å². The van der Waals surface area contributed by atoms with Crippen molar-refractivity contribution < 1.29 is 4.79 Å². The van der Waals surface area contributed by atoms with E-state index in [0.29, 0.717) is 28.0 Å². The molecule has 3 aromatic rings. The van der Waals surface area contributed by atoms with Gasteiger partial charge >= 0.3 is 0 Å². The molecule has 0 unspecified atom stereocenters. The second-order valence-electron chi connectivity index (χ2n) is 5.25. The van der Waals surface area contributed by atoms with Crippen LogP contribution < -0.4 is 10.6 Å². The Kier molecular flexibility index (Phi) is 5.48. The quantitative estimate of drug-likeness (QED) is 0.693. The molecule has 0 saturated carbocycles. The molecule has 0 bridgehead atoms. The molecule has 0 atom stereocenters. The number of hydrogen-bond donors (Lipinski definition) is 2. The molecular weight excluding hydrogens is 359 g/mol. The zero-order valence-electron chi connectivity index (χ0n) is 13.0. The van der Waals surface area contributed by atoms with Gasteiger partial charge in [-0.15, -0.1) is 0 Å². The van der Waals surface area contributed by atoms with Gasteiger partial charge in [-0.25, -0.2) is 4.98 Å². The predicted octanol–water partition coefficient (Wildman–Crippen LogP) is 4.46. The van der Waals surface area contributed by atoms with Crippen molar-refractivity contribution in [2.75, 3.05) is 5.32 Å². The van der Waals surface area contributed by atoms with Gasteiger partial charge in [0.05, 0.1) is 5.56 Å². The second-order valence-corrected chi connectivity index (χ2v) is 6.13. The topological polar surface area (TPSA) is 66.9 Å². The Bertz CT molecular complexity index is 850. The van der Waals surface area contributed by atoms with E-state index in [1.165, 1.54) is 6.20 Å². The summed E-state index contributed by atoms with van der Waals surface area (Å²) in [4.78, 5) is 20.3. The molecule has 2 N–H and O–H groups in total. The molecule has 0 saturated heterocycles. The Balaban J connectivity index is 1.62. The summed E-state index contributed by atoms with van der Waals surface area (Å²) < 4.78 is 0. The van der Waals surface area contributed by atoms with Crippen molar-refractivity contribution in [3.05, 3.63) is 82.2 Å². The maximum Gasteiger partial charge on any atom is 0.253 e. The van der Waals surface area contributed by atoms with E-state index in [2.05, 4.69) is 20.6 Å². The minimum absolute atomic E-state index is 0.193. The van der Waals surface area contributed by atoms with E-state index >= 15 is 0 Å². The van der Waals surface area contributed by atoms with E-state index in [0.717, 1.165) is 11.3 Å². The molecule has 126 valence electrons. The molecule has 7 heteroatoms. The number of anilines is 2. The Morgan fingerprint density at radius 3 is 2.36 bits per heavy atom. The number of rotatable bonds is 5. The molecule has 0 radical (unpaired) electrons. The van der Waals surface area contributed by atoms with Crippen molar-refractivity contribution in [1.29, 1.82) is 0 Å². The van der Waals surface area contributed by atoms with Crippen LogP contribution in [0.25, 0.3) is 0 Å². The number of halogens is 2. The molecular formula is C18H14Cl2N4O. The van der Waals surface area contributed by atoms with E-state index in [4.69, 9.17) is 23.2 Å². The molecule has 3 rings (SSSR count). The first-order chi connectivity index (χ1) is 12.1. The highest BCUT2D eigenvalue weighted by Crippen LogP contribution is 2.24. The third-order valence-corrected chi connectivity index (χ3v) is 3.80. The van der Waals surface area contributed by atoms with Crippen LogP contribution in [0.4, 0.5) is 11.5 Å². The summed E-state index contributed by atoms with van der Waals surface area (Å²) in [6.07, 6.45) is 4.88. The van der Waals surface area contributed by atoms with Crippen LogP contribution in [0.1, 0.15) is 15.9 Å². The van der Waals surface area contributed by atoms with Crippen molar-refractivity contribution in [2.24, 2.45) is 0 Å². The molecule has 0 fully saturated rings. The van der Waals surface area contributed by atoms with Crippen molar-refractivity contribution >= 4 is 40.6 Å². The smallest absolute Gasteiger partial charge is 0.253 e. The number of nitrogens with one attached hydrogen (secondary N) is 2. The monoisotopic (exact) mass is 372 g/mol. The highest BCUT2D eigenvalue weighted by Gasteiger charge is 2.07. The van der Waals surface area contributed by atoms with Crippen LogP contribution in [-0.4, -0.2) is 15.9 Å². The number of amides is 1. The Labute approximate surface area is 155 Å². The van der Waals surface area contributed by atoms with Crippen LogP contribution in [0.5, 0.6) is 0 Å². The van der Waals surface area contributed by atoms with Gasteiger partial charge in [0.25, 0.3) is 5.91 Å². The number of aromatic nitrogens is 2. The number of benzene rings is 1. The highest BCUT2D eigenvalue weighted by molar-refractivity contribution is 6.35. The van der Waals surface area contributed by atoms with E-state index in [-0.39, 0.29) is 5.91 Å². The molecule has 2 aromatic heterocycles. The summed E-state index contributed by atoms with van der Waals surface area (Å²) >= 11 is 11.9.